The second-order valence-electron chi connectivity index (χ2n) is 3.43. The zero-order valence-corrected chi connectivity index (χ0v) is 9.54. The van der Waals surface area contributed by atoms with Gasteiger partial charge in [-0.2, -0.15) is 0 Å². The third kappa shape index (κ3) is 3.22. The predicted octanol–water partition coefficient (Wildman–Crippen LogP) is 1.69. The molecule has 4 heteroatoms. The van der Waals surface area contributed by atoms with Crippen LogP contribution in [-0.4, -0.2) is 19.1 Å². The third-order valence-electron chi connectivity index (χ3n) is 2.15. The second-order valence-corrected chi connectivity index (χ2v) is 3.84. The van der Waals surface area contributed by atoms with Crippen LogP contribution in [0.1, 0.15) is 11.1 Å². The Morgan fingerprint density at radius 1 is 1.60 bits per heavy atom. The predicted molar refractivity (Wildman–Crippen MR) is 59.9 cm³/mol. The lowest BCUT2D eigenvalue weighted by atomic mass is 10.1. The fourth-order valence-corrected chi connectivity index (χ4v) is 1.60. The highest BCUT2D eigenvalue weighted by molar-refractivity contribution is 6.31. The van der Waals surface area contributed by atoms with Gasteiger partial charge in [0.25, 0.3) is 0 Å². The monoisotopic (exact) mass is 227 g/mol. The van der Waals surface area contributed by atoms with Crippen molar-refractivity contribution in [2.45, 2.75) is 19.4 Å². The zero-order chi connectivity index (χ0) is 11.4. The summed E-state index contributed by atoms with van der Waals surface area (Å²) in [5.74, 6) is -0.424. The van der Waals surface area contributed by atoms with Crippen LogP contribution in [0.4, 0.5) is 0 Å². The number of esters is 1. The van der Waals surface area contributed by atoms with E-state index in [9.17, 15) is 4.79 Å². The number of nitrogens with two attached hydrogens (primary N) is 1. The van der Waals surface area contributed by atoms with Crippen molar-refractivity contribution in [2.75, 3.05) is 7.11 Å². The first-order valence-electron chi connectivity index (χ1n) is 4.63. The van der Waals surface area contributed by atoms with Crippen LogP contribution in [0.5, 0.6) is 0 Å². The molecule has 15 heavy (non-hydrogen) atoms. The Balaban J connectivity index is 2.76. The molecule has 0 unspecified atom stereocenters. The maximum atomic E-state index is 11.1. The number of hydrogen-bond acceptors (Lipinski definition) is 3. The molecule has 0 aliphatic carbocycles. The Morgan fingerprint density at radius 2 is 2.27 bits per heavy atom. The van der Waals surface area contributed by atoms with Crippen LogP contribution in [0, 0.1) is 6.92 Å². The lowest BCUT2D eigenvalue weighted by Gasteiger charge is -2.10. The number of carbonyl (C=O) groups excluding carboxylic acids is 1. The summed E-state index contributed by atoms with van der Waals surface area (Å²) < 4.78 is 4.54. The van der Waals surface area contributed by atoms with E-state index >= 15 is 0 Å². The molecule has 1 atom stereocenters. The average Bonchev–Trinajstić information content (AvgIpc) is 2.20. The Labute approximate surface area is 94.2 Å². The van der Waals surface area contributed by atoms with Crippen molar-refractivity contribution in [3.05, 3.63) is 34.3 Å². The number of carbonyl (C=O) groups is 1. The van der Waals surface area contributed by atoms with E-state index < -0.39 is 12.0 Å². The molecule has 0 fully saturated rings. The first-order valence-corrected chi connectivity index (χ1v) is 5.01. The minimum Gasteiger partial charge on any atom is -0.468 e. The van der Waals surface area contributed by atoms with Crippen LogP contribution in [-0.2, 0) is 16.0 Å². The summed E-state index contributed by atoms with van der Waals surface area (Å²) in [6, 6.07) is 5.00. The number of ether oxygens (including phenoxy) is 1. The van der Waals surface area contributed by atoms with Gasteiger partial charge in [-0.25, -0.2) is 0 Å². The average molecular weight is 228 g/mol. The van der Waals surface area contributed by atoms with Crippen molar-refractivity contribution < 1.29 is 9.53 Å². The summed E-state index contributed by atoms with van der Waals surface area (Å²) in [6.07, 6.45) is 0.395. The third-order valence-corrected chi connectivity index (χ3v) is 2.50. The molecule has 2 N–H and O–H groups in total. The summed E-state index contributed by atoms with van der Waals surface area (Å²) in [7, 11) is 1.32. The Kier molecular flexibility index (Phi) is 4.12. The summed E-state index contributed by atoms with van der Waals surface area (Å²) in [5.41, 5.74) is 7.57. The SMILES string of the molecule is COC(=O)[C@@H](N)Cc1ccc(C)cc1Cl. The number of benzene rings is 1. The molecule has 3 nitrogen and oxygen atoms in total. The maximum absolute atomic E-state index is 11.1. The van der Waals surface area contributed by atoms with E-state index in [0.717, 1.165) is 11.1 Å². The van der Waals surface area contributed by atoms with E-state index in [1.54, 1.807) is 0 Å². The Morgan fingerprint density at radius 3 is 2.80 bits per heavy atom. The Bertz CT molecular complexity index is 366. The van der Waals surface area contributed by atoms with Crippen molar-refractivity contribution in [3.8, 4) is 0 Å². The van der Waals surface area contributed by atoms with Gasteiger partial charge in [0.05, 0.1) is 7.11 Å². The lowest BCUT2D eigenvalue weighted by Crippen LogP contribution is -2.33. The molecule has 1 aromatic carbocycles. The van der Waals surface area contributed by atoms with Crippen molar-refractivity contribution in [2.24, 2.45) is 5.73 Å². The molecule has 0 bridgehead atoms. The number of halogens is 1. The molecular formula is C11H14ClNO2. The largest absolute Gasteiger partial charge is 0.468 e. The minimum atomic E-state index is -0.657. The summed E-state index contributed by atoms with van der Waals surface area (Å²) >= 11 is 6.01. The van der Waals surface area contributed by atoms with Crippen molar-refractivity contribution in [1.29, 1.82) is 0 Å². The van der Waals surface area contributed by atoms with Gasteiger partial charge in [0.1, 0.15) is 6.04 Å². The highest BCUT2D eigenvalue weighted by atomic mass is 35.5. The van der Waals surface area contributed by atoms with Crippen LogP contribution in [0.3, 0.4) is 0 Å². The highest BCUT2D eigenvalue weighted by Crippen LogP contribution is 2.18. The van der Waals surface area contributed by atoms with Crippen molar-refractivity contribution >= 4 is 17.6 Å². The van der Waals surface area contributed by atoms with E-state index in [2.05, 4.69) is 4.74 Å². The van der Waals surface area contributed by atoms with Crippen molar-refractivity contribution in [3.63, 3.8) is 0 Å². The molecule has 0 amide bonds. The molecule has 82 valence electrons. The summed E-state index contributed by atoms with van der Waals surface area (Å²) in [4.78, 5) is 11.1. The molecular weight excluding hydrogens is 214 g/mol. The lowest BCUT2D eigenvalue weighted by molar-refractivity contribution is -0.142. The molecule has 0 saturated heterocycles. The van der Waals surface area contributed by atoms with E-state index in [0.29, 0.717) is 11.4 Å². The fraction of sp³-hybridized carbons (Fsp3) is 0.364. The molecule has 0 aliphatic heterocycles. The molecule has 1 rings (SSSR count). The second kappa shape index (κ2) is 5.14. The van der Waals surface area contributed by atoms with Gasteiger partial charge in [0.2, 0.25) is 0 Å². The van der Waals surface area contributed by atoms with Gasteiger partial charge in [-0.15, -0.1) is 0 Å². The highest BCUT2D eigenvalue weighted by Gasteiger charge is 2.15. The van der Waals surface area contributed by atoms with Crippen LogP contribution in [0.25, 0.3) is 0 Å². The van der Waals surface area contributed by atoms with E-state index in [1.165, 1.54) is 7.11 Å². The first-order chi connectivity index (χ1) is 7.04. The molecule has 1 aromatic rings. The summed E-state index contributed by atoms with van der Waals surface area (Å²) in [6.45, 7) is 1.95. The molecule has 0 radical (unpaired) electrons. The standard InChI is InChI=1S/C11H14ClNO2/c1-7-3-4-8(9(12)5-7)6-10(13)11(14)15-2/h3-5,10H,6,13H2,1-2H3/t10-/m0/s1. The van der Waals surface area contributed by atoms with Gasteiger partial charge in [0, 0.05) is 5.02 Å². The van der Waals surface area contributed by atoms with Gasteiger partial charge < -0.3 is 10.5 Å². The topological polar surface area (TPSA) is 52.3 Å². The van der Waals surface area contributed by atoms with Crippen LogP contribution >= 0.6 is 11.6 Å². The number of aryl methyl sites for hydroxylation is 1. The smallest absolute Gasteiger partial charge is 0.322 e. The molecule has 0 aromatic heterocycles. The van der Waals surface area contributed by atoms with E-state index in [4.69, 9.17) is 17.3 Å². The van der Waals surface area contributed by atoms with Crippen LogP contribution < -0.4 is 5.73 Å². The number of hydrogen-bond donors (Lipinski definition) is 1. The van der Waals surface area contributed by atoms with Crippen LogP contribution in [0.2, 0.25) is 5.02 Å². The Hall–Kier alpha value is -1.06. The minimum absolute atomic E-state index is 0.395. The quantitative estimate of drug-likeness (QED) is 0.800. The normalized spacial score (nSPS) is 12.3. The number of rotatable bonds is 3. The molecule has 0 heterocycles. The van der Waals surface area contributed by atoms with Crippen molar-refractivity contribution in [1.82, 2.24) is 0 Å². The molecule has 0 spiro atoms. The zero-order valence-electron chi connectivity index (χ0n) is 8.79. The van der Waals surface area contributed by atoms with E-state index in [1.807, 2.05) is 25.1 Å². The van der Waals surface area contributed by atoms with Gasteiger partial charge in [-0.3, -0.25) is 4.79 Å². The molecule has 0 saturated carbocycles. The van der Waals surface area contributed by atoms with Gasteiger partial charge in [-0.05, 0) is 30.5 Å². The van der Waals surface area contributed by atoms with E-state index in [-0.39, 0.29) is 0 Å². The van der Waals surface area contributed by atoms with Gasteiger partial charge in [0.15, 0.2) is 0 Å². The number of methoxy groups -OCH3 is 1. The summed E-state index contributed by atoms with van der Waals surface area (Å²) in [5, 5.41) is 0.634. The fourth-order valence-electron chi connectivity index (χ4n) is 1.29. The van der Waals surface area contributed by atoms with Gasteiger partial charge in [-0.1, -0.05) is 23.7 Å². The van der Waals surface area contributed by atoms with Crippen LogP contribution in [0.15, 0.2) is 18.2 Å². The maximum Gasteiger partial charge on any atom is 0.322 e. The first kappa shape index (κ1) is 12.0. The molecule has 0 aliphatic rings. The van der Waals surface area contributed by atoms with Gasteiger partial charge >= 0.3 is 5.97 Å².